The van der Waals surface area contributed by atoms with Gasteiger partial charge in [0.2, 0.25) is 5.91 Å². The summed E-state index contributed by atoms with van der Waals surface area (Å²) in [5, 5.41) is 2.85. The molecular weight excluding hydrogens is 238 g/mol. The zero-order valence-corrected chi connectivity index (χ0v) is 10.5. The Labute approximate surface area is 112 Å². The lowest BCUT2D eigenvalue weighted by atomic mass is 9.96. The maximum absolute atomic E-state index is 11.2. The standard InChI is InChI=1S/C16H15NO2/c18-16-11-19-15(10-17-16)14-9-5-4-8-13(14)12-6-2-1-3-7-12/h1-9,15H,10-11H2,(H,17,18). The highest BCUT2D eigenvalue weighted by molar-refractivity contribution is 5.78. The fraction of sp³-hybridized carbons (Fsp3) is 0.188. The molecule has 1 N–H and O–H groups in total. The first-order valence-electron chi connectivity index (χ1n) is 6.37. The van der Waals surface area contributed by atoms with Gasteiger partial charge < -0.3 is 10.1 Å². The molecule has 0 aromatic heterocycles. The first-order chi connectivity index (χ1) is 9.34. The van der Waals surface area contributed by atoms with Crippen LogP contribution < -0.4 is 5.32 Å². The molecular formula is C16H15NO2. The van der Waals surface area contributed by atoms with E-state index < -0.39 is 0 Å². The number of carbonyl (C=O) groups is 1. The summed E-state index contributed by atoms with van der Waals surface area (Å²) in [6.07, 6.45) is -0.0749. The Bertz CT molecular complexity index is 570. The van der Waals surface area contributed by atoms with Gasteiger partial charge in [0.1, 0.15) is 12.7 Å². The minimum absolute atomic E-state index is 0.0477. The maximum atomic E-state index is 11.2. The summed E-state index contributed by atoms with van der Waals surface area (Å²) < 4.78 is 5.63. The second-order valence-corrected chi connectivity index (χ2v) is 4.56. The molecule has 1 atom stereocenters. The van der Waals surface area contributed by atoms with E-state index in [4.69, 9.17) is 4.74 Å². The van der Waals surface area contributed by atoms with E-state index in [-0.39, 0.29) is 18.6 Å². The maximum Gasteiger partial charge on any atom is 0.246 e. The molecule has 0 radical (unpaired) electrons. The number of carbonyl (C=O) groups excluding carboxylic acids is 1. The molecule has 2 aromatic rings. The van der Waals surface area contributed by atoms with E-state index >= 15 is 0 Å². The van der Waals surface area contributed by atoms with Crippen LogP contribution in [0.3, 0.4) is 0 Å². The highest BCUT2D eigenvalue weighted by Crippen LogP contribution is 2.30. The third-order valence-electron chi connectivity index (χ3n) is 3.29. The van der Waals surface area contributed by atoms with Crippen LogP contribution in [0.25, 0.3) is 11.1 Å². The van der Waals surface area contributed by atoms with E-state index in [1.54, 1.807) is 0 Å². The average Bonchev–Trinajstić information content (AvgIpc) is 2.49. The van der Waals surface area contributed by atoms with E-state index in [0.717, 1.165) is 11.1 Å². The predicted octanol–water partition coefficient (Wildman–Crippen LogP) is 2.54. The van der Waals surface area contributed by atoms with Gasteiger partial charge in [-0.1, -0.05) is 54.6 Å². The molecule has 1 unspecified atom stereocenters. The molecule has 3 nitrogen and oxygen atoms in total. The highest BCUT2D eigenvalue weighted by atomic mass is 16.5. The Hall–Kier alpha value is -2.13. The van der Waals surface area contributed by atoms with Crippen molar-refractivity contribution < 1.29 is 9.53 Å². The molecule has 2 aromatic carbocycles. The lowest BCUT2D eigenvalue weighted by Gasteiger charge is -2.25. The van der Waals surface area contributed by atoms with Crippen LogP contribution in [0.5, 0.6) is 0 Å². The van der Waals surface area contributed by atoms with Gasteiger partial charge in [-0.15, -0.1) is 0 Å². The van der Waals surface area contributed by atoms with Gasteiger partial charge in [-0.05, 0) is 16.7 Å². The van der Waals surface area contributed by atoms with Crippen LogP contribution in [0.15, 0.2) is 54.6 Å². The van der Waals surface area contributed by atoms with Gasteiger partial charge in [0, 0.05) is 6.54 Å². The van der Waals surface area contributed by atoms with Gasteiger partial charge in [-0.25, -0.2) is 0 Å². The Kier molecular flexibility index (Phi) is 3.29. The Morgan fingerprint density at radius 1 is 1.00 bits per heavy atom. The quantitative estimate of drug-likeness (QED) is 0.893. The second kappa shape index (κ2) is 5.24. The molecule has 0 saturated carbocycles. The summed E-state index contributed by atoms with van der Waals surface area (Å²) in [5.41, 5.74) is 3.44. The monoisotopic (exact) mass is 253 g/mol. The molecule has 0 aliphatic carbocycles. The second-order valence-electron chi connectivity index (χ2n) is 4.56. The SMILES string of the molecule is O=C1COC(c2ccccc2-c2ccccc2)CN1. The number of hydrogen-bond acceptors (Lipinski definition) is 2. The molecule has 1 aliphatic rings. The number of ether oxygens (including phenoxy) is 1. The van der Waals surface area contributed by atoms with Crippen LogP contribution in [0.1, 0.15) is 11.7 Å². The molecule has 3 rings (SSSR count). The Morgan fingerprint density at radius 2 is 1.74 bits per heavy atom. The lowest BCUT2D eigenvalue weighted by molar-refractivity contribution is -0.133. The minimum atomic E-state index is -0.0749. The van der Waals surface area contributed by atoms with Gasteiger partial charge in [0.15, 0.2) is 0 Å². The van der Waals surface area contributed by atoms with Gasteiger partial charge >= 0.3 is 0 Å². The summed E-state index contributed by atoms with van der Waals surface area (Å²) in [4.78, 5) is 11.2. The average molecular weight is 253 g/mol. The third kappa shape index (κ3) is 2.51. The molecule has 1 amide bonds. The van der Waals surface area contributed by atoms with Crippen molar-refractivity contribution >= 4 is 5.91 Å². The number of benzene rings is 2. The zero-order valence-electron chi connectivity index (χ0n) is 10.5. The van der Waals surface area contributed by atoms with Crippen molar-refractivity contribution in [3.63, 3.8) is 0 Å². The van der Waals surface area contributed by atoms with Crippen LogP contribution in [-0.2, 0) is 9.53 Å². The normalized spacial score (nSPS) is 18.9. The van der Waals surface area contributed by atoms with Crippen LogP contribution in [0, 0.1) is 0 Å². The Morgan fingerprint density at radius 3 is 2.47 bits per heavy atom. The van der Waals surface area contributed by atoms with Crippen LogP contribution in [0.4, 0.5) is 0 Å². The first-order valence-corrected chi connectivity index (χ1v) is 6.37. The van der Waals surface area contributed by atoms with E-state index in [0.29, 0.717) is 6.54 Å². The molecule has 0 bridgehead atoms. The Balaban J connectivity index is 1.96. The van der Waals surface area contributed by atoms with Crippen molar-refractivity contribution in [2.24, 2.45) is 0 Å². The number of morpholine rings is 1. The molecule has 3 heteroatoms. The third-order valence-corrected chi connectivity index (χ3v) is 3.29. The minimum Gasteiger partial charge on any atom is -0.362 e. The molecule has 1 fully saturated rings. The largest absolute Gasteiger partial charge is 0.362 e. The van der Waals surface area contributed by atoms with Gasteiger partial charge in [-0.3, -0.25) is 4.79 Å². The van der Waals surface area contributed by atoms with Crippen molar-refractivity contribution in [1.82, 2.24) is 5.32 Å². The zero-order chi connectivity index (χ0) is 13.1. The van der Waals surface area contributed by atoms with Crippen molar-refractivity contribution in [2.45, 2.75) is 6.10 Å². The predicted molar refractivity (Wildman–Crippen MR) is 73.6 cm³/mol. The van der Waals surface area contributed by atoms with Crippen molar-refractivity contribution in [3.05, 3.63) is 60.2 Å². The first kappa shape index (κ1) is 11.9. The molecule has 1 aliphatic heterocycles. The van der Waals surface area contributed by atoms with Gasteiger partial charge in [0.25, 0.3) is 0 Å². The number of nitrogens with one attached hydrogen (secondary N) is 1. The molecule has 96 valence electrons. The fourth-order valence-corrected chi connectivity index (χ4v) is 2.35. The van der Waals surface area contributed by atoms with E-state index in [9.17, 15) is 4.79 Å². The fourth-order valence-electron chi connectivity index (χ4n) is 2.35. The summed E-state index contributed by atoms with van der Waals surface area (Å²) >= 11 is 0. The summed E-state index contributed by atoms with van der Waals surface area (Å²) in [7, 11) is 0. The molecule has 0 spiro atoms. The van der Waals surface area contributed by atoms with Crippen LogP contribution >= 0.6 is 0 Å². The van der Waals surface area contributed by atoms with Gasteiger partial charge in [0.05, 0.1) is 0 Å². The van der Waals surface area contributed by atoms with E-state index in [1.807, 2.05) is 30.3 Å². The number of hydrogen-bond donors (Lipinski definition) is 1. The van der Waals surface area contributed by atoms with Crippen molar-refractivity contribution in [2.75, 3.05) is 13.2 Å². The topological polar surface area (TPSA) is 38.3 Å². The molecule has 19 heavy (non-hydrogen) atoms. The van der Waals surface area contributed by atoms with Crippen molar-refractivity contribution in [1.29, 1.82) is 0 Å². The van der Waals surface area contributed by atoms with E-state index in [2.05, 4.69) is 29.6 Å². The highest BCUT2D eigenvalue weighted by Gasteiger charge is 2.22. The number of rotatable bonds is 2. The van der Waals surface area contributed by atoms with Gasteiger partial charge in [-0.2, -0.15) is 0 Å². The summed E-state index contributed by atoms with van der Waals surface area (Å²) in [6, 6.07) is 18.4. The lowest BCUT2D eigenvalue weighted by Crippen LogP contribution is -2.38. The summed E-state index contributed by atoms with van der Waals surface area (Å²) in [6.45, 7) is 0.663. The van der Waals surface area contributed by atoms with Crippen LogP contribution in [-0.4, -0.2) is 19.1 Å². The van der Waals surface area contributed by atoms with Crippen LogP contribution in [0.2, 0.25) is 0 Å². The smallest absolute Gasteiger partial charge is 0.246 e. The van der Waals surface area contributed by atoms with E-state index in [1.165, 1.54) is 5.56 Å². The van der Waals surface area contributed by atoms with Crippen molar-refractivity contribution in [3.8, 4) is 11.1 Å². The molecule has 1 heterocycles. The number of amides is 1. The summed E-state index contributed by atoms with van der Waals surface area (Å²) in [5.74, 6) is -0.0477. The molecule has 1 saturated heterocycles.